The minimum atomic E-state index is -0.928. The quantitative estimate of drug-likeness (QED) is 0.814. The molecule has 0 N–H and O–H groups in total. The number of halogens is 2. The number of ether oxygens (including phenoxy) is 2. The van der Waals surface area contributed by atoms with Gasteiger partial charge in [0.2, 0.25) is 11.6 Å². The van der Waals surface area contributed by atoms with E-state index < -0.39 is 11.6 Å². The molecule has 1 aromatic rings. The molecule has 104 valence electrons. The van der Waals surface area contributed by atoms with Crippen LogP contribution in [0.1, 0.15) is 44.9 Å². The summed E-state index contributed by atoms with van der Waals surface area (Å²) < 4.78 is 38.7. The zero-order chi connectivity index (χ0) is 13.2. The molecule has 2 aliphatic rings. The standard InChI is InChI=1S/C15H18F2O2/c16-14-12(18-10-4-1-2-5-10)8-9-13(15(14)17)19-11-6-3-7-11/h8-11H,1-7H2. The SMILES string of the molecule is Fc1c(OC2CCCC2)ccc(OC2CCC2)c1F. The van der Waals surface area contributed by atoms with Gasteiger partial charge in [-0.15, -0.1) is 0 Å². The van der Waals surface area contributed by atoms with E-state index in [2.05, 4.69) is 0 Å². The molecule has 0 atom stereocenters. The highest BCUT2D eigenvalue weighted by atomic mass is 19.2. The molecule has 0 unspecified atom stereocenters. The van der Waals surface area contributed by atoms with E-state index in [1.54, 1.807) is 0 Å². The molecule has 0 saturated heterocycles. The monoisotopic (exact) mass is 268 g/mol. The summed E-state index contributed by atoms with van der Waals surface area (Å²) in [6.07, 6.45) is 7.01. The van der Waals surface area contributed by atoms with Crippen molar-refractivity contribution in [1.82, 2.24) is 0 Å². The van der Waals surface area contributed by atoms with Gasteiger partial charge >= 0.3 is 0 Å². The molecule has 0 aromatic heterocycles. The maximum absolute atomic E-state index is 13.9. The number of rotatable bonds is 4. The van der Waals surface area contributed by atoms with E-state index in [4.69, 9.17) is 9.47 Å². The van der Waals surface area contributed by atoms with Crippen LogP contribution in [0.25, 0.3) is 0 Å². The van der Waals surface area contributed by atoms with E-state index >= 15 is 0 Å². The van der Waals surface area contributed by atoms with Gasteiger partial charge in [0.05, 0.1) is 12.2 Å². The molecule has 2 aliphatic carbocycles. The third-order valence-electron chi connectivity index (χ3n) is 3.95. The van der Waals surface area contributed by atoms with E-state index in [1.807, 2.05) is 0 Å². The molecule has 2 saturated carbocycles. The minimum Gasteiger partial charge on any atom is -0.487 e. The molecule has 3 rings (SSSR count). The zero-order valence-corrected chi connectivity index (χ0v) is 10.8. The Kier molecular flexibility index (Phi) is 3.58. The number of benzene rings is 1. The Bertz CT molecular complexity index is 452. The van der Waals surface area contributed by atoms with Crippen LogP contribution in [0, 0.1) is 11.6 Å². The highest BCUT2D eigenvalue weighted by Gasteiger charge is 2.24. The van der Waals surface area contributed by atoms with Crippen LogP contribution in [0.5, 0.6) is 11.5 Å². The van der Waals surface area contributed by atoms with Crippen LogP contribution in [0.3, 0.4) is 0 Å². The third kappa shape index (κ3) is 2.67. The second kappa shape index (κ2) is 5.35. The summed E-state index contributed by atoms with van der Waals surface area (Å²) in [7, 11) is 0. The Morgan fingerprint density at radius 2 is 1.16 bits per heavy atom. The van der Waals surface area contributed by atoms with Crippen molar-refractivity contribution in [1.29, 1.82) is 0 Å². The molecular weight excluding hydrogens is 250 g/mol. The number of hydrogen-bond donors (Lipinski definition) is 0. The molecule has 1 aromatic carbocycles. The molecule has 19 heavy (non-hydrogen) atoms. The van der Waals surface area contributed by atoms with Crippen molar-refractivity contribution < 1.29 is 18.3 Å². The second-order valence-corrected chi connectivity index (χ2v) is 5.38. The van der Waals surface area contributed by atoms with E-state index in [0.717, 1.165) is 44.9 Å². The fraction of sp³-hybridized carbons (Fsp3) is 0.600. The van der Waals surface area contributed by atoms with Crippen LogP contribution in [0.2, 0.25) is 0 Å². The van der Waals surface area contributed by atoms with Crippen LogP contribution >= 0.6 is 0 Å². The second-order valence-electron chi connectivity index (χ2n) is 5.38. The first-order chi connectivity index (χ1) is 9.24. The lowest BCUT2D eigenvalue weighted by Crippen LogP contribution is -2.25. The molecule has 0 aliphatic heterocycles. The van der Waals surface area contributed by atoms with Crippen molar-refractivity contribution in [3.05, 3.63) is 23.8 Å². The molecule has 0 radical (unpaired) electrons. The van der Waals surface area contributed by atoms with Crippen LogP contribution in [0.15, 0.2) is 12.1 Å². The van der Waals surface area contributed by atoms with Gasteiger partial charge in [-0.05, 0) is 57.1 Å². The predicted octanol–water partition coefficient (Wildman–Crippen LogP) is 4.22. The summed E-state index contributed by atoms with van der Waals surface area (Å²) in [5.41, 5.74) is 0. The first-order valence-electron chi connectivity index (χ1n) is 7.05. The van der Waals surface area contributed by atoms with Gasteiger partial charge in [0.15, 0.2) is 11.5 Å². The van der Waals surface area contributed by atoms with Gasteiger partial charge in [0, 0.05) is 0 Å². The van der Waals surface area contributed by atoms with Gasteiger partial charge in [0.25, 0.3) is 0 Å². The van der Waals surface area contributed by atoms with Crippen LogP contribution in [-0.2, 0) is 0 Å². The minimum absolute atomic E-state index is 0.000900. The van der Waals surface area contributed by atoms with E-state index in [0.29, 0.717) is 0 Å². The summed E-state index contributed by atoms with van der Waals surface area (Å²) in [6, 6.07) is 2.95. The van der Waals surface area contributed by atoms with Crippen molar-refractivity contribution >= 4 is 0 Å². The highest BCUT2D eigenvalue weighted by molar-refractivity contribution is 5.35. The number of hydrogen-bond acceptors (Lipinski definition) is 2. The van der Waals surface area contributed by atoms with Crippen molar-refractivity contribution in [3.63, 3.8) is 0 Å². The summed E-state index contributed by atoms with van der Waals surface area (Å²) >= 11 is 0. The Morgan fingerprint density at radius 1 is 0.737 bits per heavy atom. The summed E-state index contributed by atoms with van der Waals surface area (Å²) in [5.74, 6) is -1.85. The lowest BCUT2D eigenvalue weighted by molar-refractivity contribution is 0.113. The molecule has 0 bridgehead atoms. The van der Waals surface area contributed by atoms with Crippen molar-refractivity contribution in [2.75, 3.05) is 0 Å². The molecule has 4 heteroatoms. The predicted molar refractivity (Wildman–Crippen MR) is 67.5 cm³/mol. The molecule has 0 spiro atoms. The first kappa shape index (κ1) is 12.7. The van der Waals surface area contributed by atoms with Gasteiger partial charge in [0.1, 0.15) is 0 Å². The van der Waals surface area contributed by atoms with E-state index in [9.17, 15) is 8.78 Å². The zero-order valence-electron chi connectivity index (χ0n) is 10.8. The maximum Gasteiger partial charge on any atom is 0.204 e. The molecule has 2 nitrogen and oxygen atoms in total. The van der Waals surface area contributed by atoms with Gasteiger partial charge in [-0.2, -0.15) is 8.78 Å². The summed E-state index contributed by atoms with van der Waals surface area (Å²) in [4.78, 5) is 0. The van der Waals surface area contributed by atoms with Gasteiger partial charge in [-0.3, -0.25) is 0 Å². The van der Waals surface area contributed by atoms with Gasteiger partial charge in [-0.1, -0.05) is 0 Å². The van der Waals surface area contributed by atoms with Crippen LogP contribution < -0.4 is 9.47 Å². The first-order valence-corrected chi connectivity index (χ1v) is 7.05. The molecule has 0 amide bonds. The summed E-state index contributed by atoms with van der Waals surface area (Å²) in [5, 5.41) is 0. The van der Waals surface area contributed by atoms with Crippen molar-refractivity contribution in [2.24, 2.45) is 0 Å². The topological polar surface area (TPSA) is 18.5 Å². The fourth-order valence-corrected chi connectivity index (χ4v) is 2.55. The third-order valence-corrected chi connectivity index (χ3v) is 3.95. The molecule has 0 heterocycles. The molecular formula is C15H18F2O2. The lowest BCUT2D eigenvalue weighted by atomic mass is 9.96. The maximum atomic E-state index is 13.9. The van der Waals surface area contributed by atoms with Gasteiger partial charge < -0.3 is 9.47 Å². The van der Waals surface area contributed by atoms with Crippen LogP contribution in [-0.4, -0.2) is 12.2 Å². The highest BCUT2D eigenvalue weighted by Crippen LogP contribution is 2.33. The Labute approximate surface area is 111 Å². The van der Waals surface area contributed by atoms with Crippen molar-refractivity contribution in [2.45, 2.75) is 57.2 Å². The lowest BCUT2D eigenvalue weighted by Gasteiger charge is -2.26. The van der Waals surface area contributed by atoms with Crippen LogP contribution in [0.4, 0.5) is 8.78 Å². The van der Waals surface area contributed by atoms with E-state index in [1.165, 1.54) is 12.1 Å². The largest absolute Gasteiger partial charge is 0.487 e. The normalized spacial score (nSPS) is 20.3. The molecule has 2 fully saturated rings. The average molecular weight is 268 g/mol. The Morgan fingerprint density at radius 3 is 1.53 bits per heavy atom. The Balaban J connectivity index is 1.72. The van der Waals surface area contributed by atoms with E-state index in [-0.39, 0.29) is 23.7 Å². The summed E-state index contributed by atoms with van der Waals surface area (Å²) in [6.45, 7) is 0. The Hall–Kier alpha value is -1.32. The average Bonchev–Trinajstić information content (AvgIpc) is 2.85. The van der Waals surface area contributed by atoms with Crippen molar-refractivity contribution in [3.8, 4) is 11.5 Å². The van der Waals surface area contributed by atoms with Gasteiger partial charge in [-0.25, -0.2) is 0 Å². The smallest absolute Gasteiger partial charge is 0.204 e. The fourth-order valence-electron chi connectivity index (χ4n) is 2.55.